The first-order chi connectivity index (χ1) is 20.0. The lowest BCUT2D eigenvalue weighted by Gasteiger charge is -2.28. The monoisotopic (exact) mass is 636 g/mol. The molecule has 1 aliphatic heterocycles. The van der Waals surface area contributed by atoms with Crippen LogP contribution in [0.15, 0.2) is 46.7 Å². The molecule has 1 aromatic heterocycles. The number of carbonyl (C=O) groups is 1. The molecule has 1 aliphatic rings. The Morgan fingerprint density at radius 3 is 2.55 bits per heavy atom. The van der Waals surface area contributed by atoms with Gasteiger partial charge in [-0.15, -0.1) is 11.3 Å². The zero-order valence-corrected chi connectivity index (χ0v) is 27.0. The Bertz CT molecular complexity index is 1430. The Morgan fingerprint density at radius 1 is 1.10 bits per heavy atom. The van der Waals surface area contributed by atoms with Crippen LogP contribution in [0.5, 0.6) is 5.75 Å². The normalized spacial score (nSPS) is 14.8. The van der Waals surface area contributed by atoms with Gasteiger partial charge in [0.1, 0.15) is 16.6 Å². The van der Waals surface area contributed by atoms with Gasteiger partial charge in [-0.1, -0.05) is 23.7 Å². The molecule has 1 N–H and O–H groups in total. The summed E-state index contributed by atoms with van der Waals surface area (Å²) in [4.78, 5) is 14.8. The van der Waals surface area contributed by atoms with Crippen molar-refractivity contribution in [1.82, 2.24) is 10.2 Å². The Balaban J connectivity index is 1.12. The number of nitrogens with one attached hydrogen (secondary N) is 1. The van der Waals surface area contributed by atoms with E-state index in [0.29, 0.717) is 54.3 Å². The van der Waals surface area contributed by atoms with Crippen molar-refractivity contribution in [1.29, 1.82) is 0 Å². The molecule has 0 aliphatic carbocycles. The van der Waals surface area contributed by atoms with Gasteiger partial charge in [0, 0.05) is 29.4 Å². The number of fused-ring (bicyclic) bond motifs is 1. The Hall–Kier alpha value is -2.21. The molecule has 42 heavy (non-hydrogen) atoms. The Labute approximate surface area is 258 Å². The van der Waals surface area contributed by atoms with Crippen molar-refractivity contribution in [3.05, 3.63) is 58.6 Å². The highest BCUT2D eigenvalue weighted by molar-refractivity contribution is 7.93. The maximum atomic E-state index is 12.9. The molecule has 2 aromatic carbocycles. The van der Waals surface area contributed by atoms with E-state index in [1.165, 1.54) is 11.3 Å². The molecule has 1 saturated heterocycles. The lowest BCUT2D eigenvalue weighted by molar-refractivity contribution is -0.159. The van der Waals surface area contributed by atoms with Crippen molar-refractivity contribution in [2.45, 2.75) is 49.8 Å². The van der Waals surface area contributed by atoms with Gasteiger partial charge in [0.2, 0.25) is 0 Å². The first-order valence-corrected chi connectivity index (χ1v) is 17.3. The SMILES string of the molecule is Cc1c(S(=O)(=O)CCCNCCCc2ccc(OC(C)(C)C(=O)OCCN3CCOCC3)cc2)sc2ccc(Cl)cc12. The number of halogens is 1. The van der Waals surface area contributed by atoms with Gasteiger partial charge in [0.25, 0.3) is 0 Å². The third-order valence-electron chi connectivity index (χ3n) is 7.25. The van der Waals surface area contributed by atoms with Gasteiger partial charge in [-0.2, -0.15) is 0 Å². The maximum Gasteiger partial charge on any atom is 0.349 e. The van der Waals surface area contributed by atoms with Crippen LogP contribution in [0.3, 0.4) is 0 Å². The number of nitrogens with zero attached hydrogens (tertiary/aromatic N) is 1. The number of hydrogen-bond acceptors (Lipinski definition) is 9. The Kier molecular flexibility index (Phi) is 11.7. The third kappa shape index (κ3) is 9.14. The largest absolute Gasteiger partial charge is 0.476 e. The average molecular weight is 637 g/mol. The molecule has 2 heterocycles. The number of carbonyl (C=O) groups excluding carboxylic acids is 1. The minimum absolute atomic E-state index is 0.112. The van der Waals surface area contributed by atoms with E-state index >= 15 is 0 Å². The van der Waals surface area contributed by atoms with Gasteiger partial charge in [-0.3, -0.25) is 4.90 Å². The number of ether oxygens (including phenoxy) is 3. The molecule has 0 radical (unpaired) electrons. The van der Waals surface area contributed by atoms with E-state index in [2.05, 4.69) is 10.2 Å². The first kappa shape index (κ1) is 32.7. The molecule has 230 valence electrons. The van der Waals surface area contributed by atoms with Gasteiger partial charge in [0.15, 0.2) is 15.4 Å². The first-order valence-electron chi connectivity index (χ1n) is 14.4. The quantitative estimate of drug-likeness (QED) is 0.178. The van der Waals surface area contributed by atoms with E-state index < -0.39 is 15.4 Å². The van der Waals surface area contributed by atoms with Crippen molar-refractivity contribution in [2.75, 3.05) is 58.3 Å². The number of hydrogen-bond donors (Lipinski definition) is 1. The number of benzene rings is 2. The van der Waals surface area contributed by atoms with E-state index in [-0.39, 0.29) is 11.7 Å². The number of rotatable bonds is 15. The highest BCUT2D eigenvalue weighted by Gasteiger charge is 2.32. The molecule has 0 unspecified atom stereocenters. The lowest BCUT2D eigenvalue weighted by atomic mass is 10.1. The number of thiophene rings is 1. The Morgan fingerprint density at radius 2 is 1.81 bits per heavy atom. The second-order valence-corrected chi connectivity index (χ2v) is 14.8. The summed E-state index contributed by atoms with van der Waals surface area (Å²) in [7, 11) is -3.35. The topological polar surface area (TPSA) is 94.2 Å². The fraction of sp³-hybridized carbons (Fsp3) is 0.516. The van der Waals surface area contributed by atoms with Crippen molar-refractivity contribution in [2.24, 2.45) is 0 Å². The summed E-state index contributed by atoms with van der Waals surface area (Å²) in [6, 6.07) is 13.3. The summed E-state index contributed by atoms with van der Waals surface area (Å²) < 4.78 is 44.0. The summed E-state index contributed by atoms with van der Waals surface area (Å²) in [6.07, 6.45) is 2.35. The van der Waals surface area contributed by atoms with E-state index in [0.717, 1.165) is 53.7 Å². The zero-order valence-electron chi connectivity index (χ0n) is 24.6. The second-order valence-electron chi connectivity index (χ2n) is 11.0. The van der Waals surface area contributed by atoms with Crippen LogP contribution in [0, 0.1) is 6.92 Å². The summed E-state index contributed by atoms with van der Waals surface area (Å²) in [6.45, 7) is 10.9. The second kappa shape index (κ2) is 15.0. The van der Waals surface area contributed by atoms with E-state index in [1.54, 1.807) is 19.9 Å². The minimum atomic E-state index is -3.35. The molecular formula is C31H41ClN2O6S2. The molecule has 1 fully saturated rings. The van der Waals surface area contributed by atoms with E-state index in [9.17, 15) is 13.2 Å². The molecule has 0 saturated carbocycles. The van der Waals surface area contributed by atoms with Crippen LogP contribution in [-0.2, 0) is 30.5 Å². The van der Waals surface area contributed by atoms with Gasteiger partial charge in [-0.25, -0.2) is 13.2 Å². The highest BCUT2D eigenvalue weighted by Crippen LogP contribution is 2.36. The van der Waals surface area contributed by atoms with Crippen LogP contribution in [-0.4, -0.2) is 83.2 Å². The molecule has 0 amide bonds. The summed E-state index contributed by atoms with van der Waals surface area (Å²) >= 11 is 7.41. The zero-order chi connectivity index (χ0) is 30.2. The third-order valence-corrected chi connectivity index (χ3v) is 11.3. The summed E-state index contributed by atoms with van der Waals surface area (Å²) in [5, 5.41) is 4.87. The smallest absolute Gasteiger partial charge is 0.349 e. The molecular weight excluding hydrogens is 596 g/mol. The van der Waals surface area contributed by atoms with Crippen molar-refractivity contribution in [3.8, 4) is 5.75 Å². The molecule has 11 heteroatoms. The fourth-order valence-corrected chi connectivity index (χ4v) is 8.22. The van der Waals surface area contributed by atoms with Crippen LogP contribution < -0.4 is 10.1 Å². The minimum Gasteiger partial charge on any atom is -0.476 e. The summed E-state index contributed by atoms with van der Waals surface area (Å²) in [5.41, 5.74) is 0.857. The standard InChI is InChI=1S/C31H41ClN2O6S2/c1-23-27-22-25(32)9-12-28(27)41-29(23)42(36,37)21-5-14-33-13-4-6-24-7-10-26(11-8-24)40-31(2,3)30(35)39-20-17-34-15-18-38-19-16-34/h7-12,22,33H,4-6,13-21H2,1-3H3. The van der Waals surface area contributed by atoms with Gasteiger partial charge in [0.05, 0.1) is 19.0 Å². The predicted octanol–water partition coefficient (Wildman–Crippen LogP) is 5.28. The molecule has 3 aromatic rings. The number of morpholine rings is 1. The van der Waals surface area contributed by atoms with Crippen LogP contribution in [0.25, 0.3) is 10.1 Å². The predicted molar refractivity (Wildman–Crippen MR) is 169 cm³/mol. The molecule has 8 nitrogen and oxygen atoms in total. The van der Waals surface area contributed by atoms with Crippen LogP contribution in [0.2, 0.25) is 5.02 Å². The lowest BCUT2D eigenvalue weighted by Crippen LogP contribution is -2.42. The molecule has 0 bridgehead atoms. The van der Waals surface area contributed by atoms with Crippen molar-refractivity contribution < 1.29 is 27.4 Å². The van der Waals surface area contributed by atoms with Gasteiger partial charge in [-0.05, 0) is 100.0 Å². The number of esters is 1. The average Bonchev–Trinajstić information content (AvgIpc) is 3.30. The van der Waals surface area contributed by atoms with E-state index in [1.807, 2.05) is 43.3 Å². The van der Waals surface area contributed by atoms with Crippen LogP contribution in [0.4, 0.5) is 0 Å². The van der Waals surface area contributed by atoms with Gasteiger partial charge >= 0.3 is 5.97 Å². The molecule has 4 rings (SSSR count). The maximum absolute atomic E-state index is 12.9. The van der Waals surface area contributed by atoms with Gasteiger partial charge < -0.3 is 19.5 Å². The van der Waals surface area contributed by atoms with E-state index in [4.69, 9.17) is 25.8 Å². The molecule has 0 atom stereocenters. The van der Waals surface area contributed by atoms with Crippen molar-refractivity contribution >= 4 is 48.8 Å². The van der Waals surface area contributed by atoms with Crippen LogP contribution in [0.1, 0.15) is 37.8 Å². The fourth-order valence-electron chi connectivity index (χ4n) is 4.82. The number of sulfone groups is 1. The van der Waals surface area contributed by atoms with Crippen molar-refractivity contribution in [3.63, 3.8) is 0 Å². The number of aryl methyl sites for hydroxylation is 2. The van der Waals surface area contributed by atoms with Crippen LogP contribution >= 0.6 is 22.9 Å². The molecule has 0 spiro atoms. The summed E-state index contributed by atoms with van der Waals surface area (Å²) in [5.74, 6) is 0.341. The highest BCUT2D eigenvalue weighted by atomic mass is 35.5.